The van der Waals surface area contributed by atoms with Crippen LogP contribution in [0.2, 0.25) is 0 Å². The number of nitrogens with zero attached hydrogens (tertiary/aromatic N) is 2. The van der Waals surface area contributed by atoms with Gasteiger partial charge in [-0.3, -0.25) is 4.79 Å². The lowest BCUT2D eigenvalue weighted by atomic mass is 10.1. The first-order valence-electron chi connectivity index (χ1n) is 11.2. The third-order valence-electron chi connectivity index (χ3n) is 5.41. The summed E-state index contributed by atoms with van der Waals surface area (Å²) in [4.78, 5) is 12.6. The van der Waals surface area contributed by atoms with Crippen LogP contribution in [0.1, 0.15) is 24.6 Å². The third-order valence-corrected chi connectivity index (χ3v) is 5.41. The number of methoxy groups -OCH3 is 1. The van der Waals surface area contributed by atoms with E-state index in [1.165, 1.54) is 42.5 Å². The van der Waals surface area contributed by atoms with E-state index in [4.69, 9.17) is 14.6 Å². The van der Waals surface area contributed by atoms with E-state index in [0.717, 1.165) is 16.9 Å². The van der Waals surface area contributed by atoms with Crippen molar-refractivity contribution in [2.75, 3.05) is 12.4 Å². The zero-order valence-electron chi connectivity index (χ0n) is 19.4. The molecule has 0 aliphatic heterocycles. The Bertz CT molecular complexity index is 1300. The average Bonchev–Trinajstić information content (AvgIpc) is 3.21. The van der Waals surface area contributed by atoms with Gasteiger partial charge < -0.3 is 14.8 Å². The molecule has 1 N–H and O–H groups in total. The van der Waals surface area contributed by atoms with E-state index in [1.807, 2.05) is 31.2 Å². The van der Waals surface area contributed by atoms with Crippen molar-refractivity contribution >= 4 is 11.6 Å². The van der Waals surface area contributed by atoms with Gasteiger partial charge in [-0.2, -0.15) is 5.10 Å². The van der Waals surface area contributed by atoms with Crippen LogP contribution in [0.15, 0.2) is 72.8 Å². The fourth-order valence-electron chi connectivity index (χ4n) is 3.66. The molecule has 0 fully saturated rings. The highest BCUT2D eigenvalue weighted by Gasteiger charge is 2.21. The second-order valence-corrected chi connectivity index (χ2v) is 7.81. The number of aryl methyl sites for hydroxylation is 1. The quantitative estimate of drug-likeness (QED) is 0.317. The van der Waals surface area contributed by atoms with E-state index in [0.29, 0.717) is 35.9 Å². The van der Waals surface area contributed by atoms with Gasteiger partial charge in [0.25, 0.3) is 0 Å². The van der Waals surface area contributed by atoms with Crippen molar-refractivity contribution in [3.05, 3.63) is 95.7 Å². The first-order valence-corrected chi connectivity index (χ1v) is 11.2. The predicted molar refractivity (Wildman–Crippen MR) is 129 cm³/mol. The smallest absolute Gasteiger partial charge is 0.226 e. The molecule has 0 saturated heterocycles. The molecule has 180 valence electrons. The van der Waals surface area contributed by atoms with E-state index < -0.39 is 5.82 Å². The first kappa shape index (κ1) is 23.9. The number of carbonyl (C=O) groups excluding carboxylic acids is 1. The molecule has 0 radical (unpaired) electrons. The molecule has 0 spiro atoms. The molecule has 0 saturated carbocycles. The Morgan fingerprint density at radius 1 is 0.971 bits per heavy atom. The number of amides is 1. The summed E-state index contributed by atoms with van der Waals surface area (Å²) in [7, 11) is 1.59. The maximum atomic E-state index is 13.5. The number of hydrogen-bond acceptors (Lipinski definition) is 4. The van der Waals surface area contributed by atoms with Gasteiger partial charge in [-0.15, -0.1) is 0 Å². The molecule has 0 aliphatic rings. The molecular formula is C27H25F2N3O3. The lowest BCUT2D eigenvalue weighted by Gasteiger charge is -2.12. The Hall–Kier alpha value is -4.20. The summed E-state index contributed by atoms with van der Waals surface area (Å²) in [6.45, 7) is 1.97. The van der Waals surface area contributed by atoms with Gasteiger partial charge in [0.1, 0.15) is 23.1 Å². The van der Waals surface area contributed by atoms with Gasteiger partial charge in [-0.25, -0.2) is 13.5 Å². The van der Waals surface area contributed by atoms with Gasteiger partial charge in [0.15, 0.2) is 0 Å². The largest absolute Gasteiger partial charge is 0.497 e. The molecule has 0 aliphatic carbocycles. The SMILES string of the molecule is CCc1nn(-c2ccc(OC)cc2)c(Oc2ccc(F)cc2)c1CCC(=O)Nc1cccc(F)c1. The zero-order chi connectivity index (χ0) is 24.8. The van der Waals surface area contributed by atoms with Crippen LogP contribution < -0.4 is 14.8 Å². The maximum absolute atomic E-state index is 13.5. The molecule has 4 rings (SSSR count). The molecule has 8 heteroatoms. The normalized spacial score (nSPS) is 10.7. The van der Waals surface area contributed by atoms with Gasteiger partial charge >= 0.3 is 0 Å². The lowest BCUT2D eigenvalue weighted by Crippen LogP contribution is -2.13. The van der Waals surface area contributed by atoms with Crippen LogP contribution >= 0.6 is 0 Å². The summed E-state index contributed by atoms with van der Waals surface area (Å²) in [5, 5.41) is 7.45. The van der Waals surface area contributed by atoms with Crippen LogP contribution in [0, 0.1) is 11.6 Å². The van der Waals surface area contributed by atoms with Crippen LogP contribution in [0.25, 0.3) is 5.69 Å². The molecule has 1 heterocycles. The maximum Gasteiger partial charge on any atom is 0.226 e. The van der Waals surface area contributed by atoms with E-state index >= 15 is 0 Å². The van der Waals surface area contributed by atoms with Crippen LogP contribution in [0.4, 0.5) is 14.5 Å². The number of nitrogens with one attached hydrogen (secondary N) is 1. The predicted octanol–water partition coefficient (Wildman–Crippen LogP) is 6.09. The Morgan fingerprint density at radius 3 is 2.34 bits per heavy atom. The van der Waals surface area contributed by atoms with Crippen molar-refractivity contribution in [3.8, 4) is 23.1 Å². The van der Waals surface area contributed by atoms with Crippen LogP contribution in [0.5, 0.6) is 17.4 Å². The van der Waals surface area contributed by atoms with Gasteiger partial charge in [-0.05, 0) is 79.6 Å². The average molecular weight is 478 g/mol. The fourth-order valence-corrected chi connectivity index (χ4v) is 3.66. The van der Waals surface area contributed by atoms with Crippen molar-refractivity contribution in [1.29, 1.82) is 0 Å². The summed E-state index contributed by atoms with van der Waals surface area (Å²) in [6, 6.07) is 18.8. The van der Waals surface area contributed by atoms with Crippen LogP contribution in [0.3, 0.4) is 0 Å². The van der Waals surface area contributed by atoms with Crippen molar-refractivity contribution in [2.24, 2.45) is 0 Å². The highest BCUT2D eigenvalue weighted by molar-refractivity contribution is 5.90. The number of halogens is 2. The molecule has 3 aromatic carbocycles. The molecular weight excluding hydrogens is 452 g/mol. The van der Waals surface area contributed by atoms with Crippen molar-refractivity contribution in [2.45, 2.75) is 26.2 Å². The summed E-state index contributed by atoms with van der Waals surface area (Å²) >= 11 is 0. The fraction of sp³-hybridized carbons (Fsp3) is 0.185. The lowest BCUT2D eigenvalue weighted by molar-refractivity contribution is -0.116. The van der Waals surface area contributed by atoms with Gasteiger partial charge in [-0.1, -0.05) is 13.0 Å². The monoisotopic (exact) mass is 477 g/mol. The first-order chi connectivity index (χ1) is 17.0. The molecule has 1 aromatic heterocycles. The van der Waals surface area contributed by atoms with E-state index in [-0.39, 0.29) is 18.1 Å². The number of hydrogen-bond donors (Lipinski definition) is 1. The second-order valence-electron chi connectivity index (χ2n) is 7.81. The highest BCUT2D eigenvalue weighted by Crippen LogP contribution is 2.33. The molecule has 0 bridgehead atoms. The Kier molecular flexibility index (Phi) is 7.40. The number of aromatic nitrogens is 2. The second kappa shape index (κ2) is 10.8. The van der Waals surface area contributed by atoms with Gasteiger partial charge in [0.2, 0.25) is 11.8 Å². The molecule has 0 atom stereocenters. The Labute approximate surface area is 202 Å². The minimum atomic E-state index is -0.424. The van der Waals surface area contributed by atoms with Gasteiger partial charge in [0.05, 0.1) is 18.5 Å². The number of anilines is 1. The highest BCUT2D eigenvalue weighted by atomic mass is 19.1. The minimum Gasteiger partial charge on any atom is -0.497 e. The molecule has 0 unspecified atom stereocenters. The minimum absolute atomic E-state index is 0.137. The van der Waals surface area contributed by atoms with Gasteiger partial charge in [0, 0.05) is 17.7 Å². The number of carbonyl (C=O) groups is 1. The third kappa shape index (κ3) is 5.84. The molecule has 1 amide bonds. The molecule has 4 aromatic rings. The van der Waals surface area contributed by atoms with Crippen molar-refractivity contribution in [1.82, 2.24) is 9.78 Å². The van der Waals surface area contributed by atoms with Crippen molar-refractivity contribution < 1.29 is 23.0 Å². The Balaban J connectivity index is 1.65. The zero-order valence-corrected chi connectivity index (χ0v) is 19.4. The summed E-state index contributed by atoms with van der Waals surface area (Å²) in [6.07, 6.45) is 1.10. The summed E-state index contributed by atoms with van der Waals surface area (Å²) < 4.78 is 40.0. The van der Waals surface area contributed by atoms with Crippen LogP contribution in [-0.2, 0) is 17.6 Å². The van der Waals surface area contributed by atoms with Crippen molar-refractivity contribution in [3.63, 3.8) is 0 Å². The number of rotatable bonds is 9. The summed E-state index contributed by atoms with van der Waals surface area (Å²) in [5.74, 6) is 0.525. The van der Waals surface area contributed by atoms with E-state index in [9.17, 15) is 13.6 Å². The van der Waals surface area contributed by atoms with Crippen LogP contribution in [-0.4, -0.2) is 22.8 Å². The van der Waals surface area contributed by atoms with E-state index in [2.05, 4.69) is 5.32 Å². The summed E-state index contributed by atoms with van der Waals surface area (Å²) in [5.41, 5.74) is 2.68. The number of benzene rings is 3. The molecule has 35 heavy (non-hydrogen) atoms. The molecule has 6 nitrogen and oxygen atoms in total. The Morgan fingerprint density at radius 2 is 1.69 bits per heavy atom. The standard InChI is InChI=1S/C27H25F2N3O3/c1-3-25-24(15-16-26(33)30-20-6-4-5-19(29)17-20)27(35-23-11-7-18(28)8-12-23)32(31-25)21-9-13-22(34-2)14-10-21/h4-14,17H,3,15-16H2,1-2H3,(H,30,33). The van der Waals surface area contributed by atoms with E-state index in [1.54, 1.807) is 17.9 Å². The number of ether oxygens (including phenoxy) is 2. The topological polar surface area (TPSA) is 65.4 Å².